The molecule has 1 rings (SSSR count). The molecule has 0 spiro atoms. The van der Waals surface area contributed by atoms with E-state index in [-0.39, 0.29) is 0 Å². The van der Waals surface area contributed by atoms with Gasteiger partial charge in [0.25, 0.3) is 0 Å². The lowest BCUT2D eigenvalue weighted by Crippen LogP contribution is -1.99. The van der Waals surface area contributed by atoms with Crippen LogP contribution in [0.3, 0.4) is 0 Å². The topological polar surface area (TPSA) is 51.8 Å². The predicted molar refractivity (Wildman–Crippen MR) is 48.0 cm³/mol. The molecule has 0 aliphatic rings. The Morgan fingerprint density at radius 3 is 3.09 bits per heavy atom. The van der Waals surface area contributed by atoms with Gasteiger partial charge in [-0.2, -0.15) is 0 Å². The molecule has 0 aliphatic carbocycles. The third kappa shape index (κ3) is 2.01. The third-order valence-electron chi connectivity index (χ3n) is 1.19. The summed E-state index contributed by atoms with van der Waals surface area (Å²) in [4.78, 5) is 8.04. The maximum Gasteiger partial charge on any atom is 0.145 e. The van der Waals surface area contributed by atoms with Gasteiger partial charge in [-0.1, -0.05) is 6.08 Å². The van der Waals surface area contributed by atoms with Crippen molar-refractivity contribution in [3.8, 4) is 0 Å². The number of hydrogen-bond donors (Lipinski definition) is 1. The van der Waals surface area contributed by atoms with Gasteiger partial charge in [0.2, 0.25) is 0 Å². The molecule has 0 unspecified atom stereocenters. The molecule has 0 amide bonds. The van der Waals surface area contributed by atoms with Crippen LogP contribution in [0.15, 0.2) is 23.5 Å². The highest BCUT2D eigenvalue weighted by Crippen LogP contribution is 2.10. The highest BCUT2D eigenvalue weighted by Gasteiger charge is 1.99. The maximum absolute atomic E-state index is 5.53. The number of nitrogen functional groups attached to an aromatic ring is 1. The molecule has 0 atom stereocenters. The summed E-state index contributed by atoms with van der Waals surface area (Å²) in [5.41, 5.74) is 6.29. The van der Waals surface area contributed by atoms with Gasteiger partial charge in [0.15, 0.2) is 0 Å². The highest BCUT2D eigenvalue weighted by molar-refractivity contribution is 9.10. The Morgan fingerprint density at radius 1 is 1.73 bits per heavy atom. The molecule has 11 heavy (non-hydrogen) atoms. The number of nitrogens with zero attached hydrogens (tertiary/aromatic N) is 2. The molecule has 0 fully saturated rings. The summed E-state index contributed by atoms with van der Waals surface area (Å²) < 4.78 is 0.698. The van der Waals surface area contributed by atoms with Crippen molar-refractivity contribution in [1.82, 2.24) is 9.97 Å². The lowest BCUT2D eigenvalue weighted by atomic mass is 10.3. The standard InChI is InChI=1S/C7H8BrN3/c1-2-3-5-7(9)10-4-6(8)11-5/h2,4H,1,3H2,(H2,9,10). The van der Waals surface area contributed by atoms with E-state index in [0.717, 1.165) is 5.69 Å². The van der Waals surface area contributed by atoms with Crippen LogP contribution in [0.5, 0.6) is 0 Å². The lowest BCUT2D eigenvalue weighted by Gasteiger charge is -1.99. The van der Waals surface area contributed by atoms with Crippen LogP contribution in [0, 0.1) is 0 Å². The van der Waals surface area contributed by atoms with Gasteiger partial charge in [-0.25, -0.2) is 9.97 Å². The Balaban J connectivity index is 3.01. The summed E-state index contributed by atoms with van der Waals surface area (Å²) in [5.74, 6) is 0.466. The molecular formula is C7H8BrN3. The van der Waals surface area contributed by atoms with Crippen molar-refractivity contribution in [3.05, 3.63) is 29.1 Å². The quantitative estimate of drug-likeness (QED) is 0.759. The maximum atomic E-state index is 5.53. The van der Waals surface area contributed by atoms with Crippen molar-refractivity contribution in [2.45, 2.75) is 6.42 Å². The van der Waals surface area contributed by atoms with Crippen molar-refractivity contribution in [1.29, 1.82) is 0 Å². The minimum absolute atomic E-state index is 0.466. The summed E-state index contributed by atoms with van der Waals surface area (Å²) in [6.07, 6.45) is 3.97. The second-order valence-corrected chi connectivity index (χ2v) is 2.83. The minimum Gasteiger partial charge on any atom is -0.382 e. The monoisotopic (exact) mass is 213 g/mol. The fourth-order valence-electron chi connectivity index (χ4n) is 0.699. The van der Waals surface area contributed by atoms with Gasteiger partial charge in [-0.15, -0.1) is 6.58 Å². The molecule has 4 heteroatoms. The molecule has 0 saturated carbocycles. The molecular weight excluding hydrogens is 206 g/mol. The van der Waals surface area contributed by atoms with Gasteiger partial charge in [-0.3, -0.25) is 0 Å². The lowest BCUT2D eigenvalue weighted by molar-refractivity contribution is 1.05. The van der Waals surface area contributed by atoms with Gasteiger partial charge in [-0.05, 0) is 15.9 Å². The summed E-state index contributed by atoms with van der Waals surface area (Å²) >= 11 is 3.20. The number of hydrogen-bond acceptors (Lipinski definition) is 3. The van der Waals surface area contributed by atoms with Crippen molar-refractivity contribution in [3.63, 3.8) is 0 Å². The van der Waals surface area contributed by atoms with Crippen molar-refractivity contribution < 1.29 is 0 Å². The van der Waals surface area contributed by atoms with Crippen molar-refractivity contribution >= 4 is 21.7 Å². The van der Waals surface area contributed by atoms with Crippen LogP contribution in [0.1, 0.15) is 5.69 Å². The average Bonchev–Trinajstić information content (AvgIpc) is 1.98. The van der Waals surface area contributed by atoms with Crippen LogP contribution in [-0.2, 0) is 6.42 Å². The minimum atomic E-state index is 0.466. The van der Waals surface area contributed by atoms with Gasteiger partial charge in [0.1, 0.15) is 10.4 Å². The molecule has 1 aromatic heterocycles. The Morgan fingerprint density at radius 2 is 2.45 bits per heavy atom. The summed E-state index contributed by atoms with van der Waals surface area (Å²) in [5, 5.41) is 0. The normalized spacial score (nSPS) is 9.55. The smallest absolute Gasteiger partial charge is 0.145 e. The van der Waals surface area contributed by atoms with Gasteiger partial charge in [0, 0.05) is 6.42 Å². The summed E-state index contributed by atoms with van der Waals surface area (Å²) in [6, 6.07) is 0. The van der Waals surface area contributed by atoms with E-state index in [1.807, 2.05) is 0 Å². The number of anilines is 1. The number of nitrogens with two attached hydrogens (primary N) is 1. The highest BCUT2D eigenvalue weighted by atomic mass is 79.9. The van der Waals surface area contributed by atoms with Crippen molar-refractivity contribution in [2.75, 3.05) is 5.73 Å². The number of halogens is 1. The van der Waals surface area contributed by atoms with Crippen LogP contribution >= 0.6 is 15.9 Å². The van der Waals surface area contributed by atoms with Crippen LogP contribution in [0.2, 0.25) is 0 Å². The molecule has 0 aliphatic heterocycles. The van der Waals surface area contributed by atoms with Gasteiger partial charge >= 0.3 is 0 Å². The predicted octanol–water partition coefficient (Wildman–Crippen LogP) is 1.55. The number of allylic oxidation sites excluding steroid dienone is 1. The Labute approximate surface area is 73.5 Å². The molecule has 0 radical (unpaired) electrons. The summed E-state index contributed by atoms with van der Waals surface area (Å²) in [6.45, 7) is 3.59. The first-order valence-corrected chi connectivity index (χ1v) is 3.91. The zero-order valence-electron chi connectivity index (χ0n) is 5.92. The van der Waals surface area contributed by atoms with E-state index in [1.54, 1.807) is 12.3 Å². The molecule has 2 N–H and O–H groups in total. The fourth-order valence-corrected chi connectivity index (χ4v) is 1.02. The van der Waals surface area contributed by atoms with Crippen molar-refractivity contribution in [2.24, 2.45) is 0 Å². The van der Waals surface area contributed by atoms with E-state index in [2.05, 4.69) is 32.5 Å². The van der Waals surface area contributed by atoms with Gasteiger partial charge in [0.05, 0.1) is 11.9 Å². The van der Waals surface area contributed by atoms with Crippen LogP contribution in [0.25, 0.3) is 0 Å². The Kier molecular flexibility index (Phi) is 2.59. The second-order valence-electron chi connectivity index (χ2n) is 2.02. The van der Waals surface area contributed by atoms with E-state index >= 15 is 0 Å². The summed E-state index contributed by atoms with van der Waals surface area (Å²) in [7, 11) is 0. The zero-order valence-corrected chi connectivity index (χ0v) is 7.50. The molecule has 3 nitrogen and oxygen atoms in total. The largest absolute Gasteiger partial charge is 0.382 e. The SMILES string of the molecule is C=CCc1nc(Br)cnc1N. The molecule has 58 valence electrons. The Hall–Kier alpha value is -0.900. The van der Waals surface area contributed by atoms with E-state index in [1.165, 1.54) is 0 Å². The number of rotatable bonds is 2. The first kappa shape index (κ1) is 8.20. The van der Waals surface area contributed by atoms with E-state index in [4.69, 9.17) is 5.73 Å². The molecule has 0 saturated heterocycles. The van der Waals surface area contributed by atoms with E-state index in [9.17, 15) is 0 Å². The van der Waals surface area contributed by atoms with E-state index in [0.29, 0.717) is 16.8 Å². The fraction of sp³-hybridized carbons (Fsp3) is 0.143. The van der Waals surface area contributed by atoms with Crippen LogP contribution < -0.4 is 5.73 Å². The molecule has 0 aromatic carbocycles. The zero-order chi connectivity index (χ0) is 8.27. The van der Waals surface area contributed by atoms with E-state index < -0.39 is 0 Å². The molecule has 1 heterocycles. The van der Waals surface area contributed by atoms with Gasteiger partial charge < -0.3 is 5.73 Å². The van der Waals surface area contributed by atoms with Crippen LogP contribution in [0.4, 0.5) is 5.82 Å². The average molecular weight is 214 g/mol. The second kappa shape index (κ2) is 3.48. The molecule has 0 bridgehead atoms. The van der Waals surface area contributed by atoms with Crippen LogP contribution in [-0.4, -0.2) is 9.97 Å². The Bertz CT molecular complexity index is 272. The third-order valence-corrected chi connectivity index (χ3v) is 1.57. The number of aromatic nitrogens is 2. The molecule has 1 aromatic rings. The first-order valence-electron chi connectivity index (χ1n) is 3.12. The first-order chi connectivity index (χ1) is 5.24.